The standard InChI is InChI=1S/C15H25N3O4S/c1-2-17-9-12(8-14(17)19)16-15(20)18-6-7-23(21,22)10-13(18)11-4-3-5-11/h11-13H,2-10H2,1H3,(H,16,20). The Morgan fingerprint density at radius 2 is 2.09 bits per heavy atom. The number of likely N-dealkylation sites (tertiary alicyclic amines) is 1. The number of hydrogen-bond acceptors (Lipinski definition) is 4. The van der Waals surface area contributed by atoms with Crippen LogP contribution >= 0.6 is 0 Å². The van der Waals surface area contributed by atoms with E-state index in [2.05, 4.69) is 5.32 Å². The van der Waals surface area contributed by atoms with E-state index in [1.165, 1.54) is 0 Å². The molecule has 3 rings (SSSR count). The summed E-state index contributed by atoms with van der Waals surface area (Å²) in [5.74, 6) is 0.479. The molecule has 2 unspecified atom stereocenters. The zero-order valence-corrected chi connectivity index (χ0v) is 14.3. The molecule has 3 aliphatic rings. The van der Waals surface area contributed by atoms with Crippen LogP contribution in [0.1, 0.15) is 32.6 Å². The normalized spacial score (nSPS) is 31.1. The molecule has 0 aromatic carbocycles. The average Bonchev–Trinajstić information content (AvgIpc) is 2.75. The second-order valence-electron chi connectivity index (χ2n) is 6.85. The molecule has 7 nitrogen and oxygen atoms in total. The number of urea groups is 1. The Morgan fingerprint density at radius 1 is 1.35 bits per heavy atom. The van der Waals surface area contributed by atoms with Crippen molar-refractivity contribution in [1.82, 2.24) is 15.1 Å². The first-order chi connectivity index (χ1) is 10.9. The summed E-state index contributed by atoms with van der Waals surface area (Å²) in [6.45, 7) is 3.37. The third kappa shape index (κ3) is 3.46. The van der Waals surface area contributed by atoms with Crippen molar-refractivity contribution in [3.05, 3.63) is 0 Å². The molecule has 1 saturated carbocycles. The summed E-state index contributed by atoms with van der Waals surface area (Å²) in [6, 6.07) is -0.593. The minimum Gasteiger partial charge on any atom is -0.341 e. The number of likely N-dealkylation sites (N-methyl/N-ethyl adjacent to an activating group) is 1. The number of rotatable bonds is 3. The zero-order valence-electron chi connectivity index (χ0n) is 13.5. The van der Waals surface area contributed by atoms with Gasteiger partial charge in [-0.1, -0.05) is 6.42 Å². The first-order valence-electron chi connectivity index (χ1n) is 8.45. The first-order valence-corrected chi connectivity index (χ1v) is 10.3. The molecule has 0 aromatic rings. The van der Waals surface area contributed by atoms with Crippen molar-refractivity contribution in [2.24, 2.45) is 5.92 Å². The average molecular weight is 343 g/mol. The van der Waals surface area contributed by atoms with Crippen LogP contribution in [0.3, 0.4) is 0 Å². The van der Waals surface area contributed by atoms with E-state index in [1.807, 2.05) is 6.92 Å². The van der Waals surface area contributed by atoms with Crippen molar-refractivity contribution in [2.75, 3.05) is 31.1 Å². The summed E-state index contributed by atoms with van der Waals surface area (Å²) in [6.07, 6.45) is 3.43. The predicted molar refractivity (Wildman–Crippen MR) is 85.7 cm³/mol. The van der Waals surface area contributed by atoms with Gasteiger partial charge in [-0.15, -0.1) is 0 Å². The zero-order chi connectivity index (χ0) is 16.6. The highest BCUT2D eigenvalue weighted by Crippen LogP contribution is 2.34. The summed E-state index contributed by atoms with van der Waals surface area (Å²) >= 11 is 0. The molecule has 2 aliphatic heterocycles. The number of hydrogen-bond donors (Lipinski definition) is 1. The summed E-state index contributed by atoms with van der Waals surface area (Å²) in [7, 11) is -3.05. The van der Waals surface area contributed by atoms with Gasteiger partial charge in [-0.3, -0.25) is 4.79 Å². The largest absolute Gasteiger partial charge is 0.341 e. The number of sulfone groups is 1. The molecule has 8 heteroatoms. The first kappa shape index (κ1) is 16.5. The molecule has 130 valence electrons. The highest BCUT2D eigenvalue weighted by Gasteiger charge is 2.41. The van der Waals surface area contributed by atoms with Crippen LogP contribution in [-0.2, 0) is 14.6 Å². The maximum absolute atomic E-state index is 12.6. The van der Waals surface area contributed by atoms with Gasteiger partial charge in [-0.2, -0.15) is 0 Å². The van der Waals surface area contributed by atoms with Gasteiger partial charge in [0.25, 0.3) is 0 Å². The van der Waals surface area contributed by atoms with Crippen LogP contribution < -0.4 is 5.32 Å². The molecule has 2 heterocycles. The minimum atomic E-state index is -3.05. The van der Waals surface area contributed by atoms with Crippen molar-refractivity contribution >= 4 is 21.8 Å². The lowest BCUT2D eigenvalue weighted by atomic mass is 9.79. The highest BCUT2D eigenvalue weighted by atomic mass is 32.2. The third-order valence-corrected chi connectivity index (χ3v) is 7.00. The Hall–Kier alpha value is -1.31. The monoisotopic (exact) mass is 343 g/mol. The molecular weight excluding hydrogens is 318 g/mol. The van der Waals surface area contributed by atoms with Gasteiger partial charge in [-0.25, -0.2) is 13.2 Å². The fourth-order valence-electron chi connectivity index (χ4n) is 3.74. The van der Waals surface area contributed by atoms with E-state index in [9.17, 15) is 18.0 Å². The van der Waals surface area contributed by atoms with Crippen molar-refractivity contribution < 1.29 is 18.0 Å². The lowest BCUT2D eigenvalue weighted by molar-refractivity contribution is -0.127. The van der Waals surface area contributed by atoms with Crippen LogP contribution in [0.4, 0.5) is 4.79 Å². The number of amides is 3. The summed E-state index contributed by atoms with van der Waals surface area (Å²) in [4.78, 5) is 27.8. The maximum Gasteiger partial charge on any atom is 0.318 e. The fraction of sp³-hybridized carbons (Fsp3) is 0.867. The van der Waals surface area contributed by atoms with Gasteiger partial charge in [0.2, 0.25) is 5.91 Å². The summed E-state index contributed by atoms with van der Waals surface area (Å²) < 4.78 is 23.9. The molecule has 2 saturated heterocycles. The van der Waals surface area contributed by atoms with Gasteiger partial charge < -0.3 is 15.1 Å². The van der Waals surface area contributed by atoms with E-state index in [0.29, 0.717) is 25.4 Å². The van der Waals surface area contributed by atoms with Crippen LogP contribution in [0.25, 0.3) is 0 Å². The van der Waals surface area contributed by atoms with Crippen molar-refractivity contribution in [2.45, 2.75) is 44.7 Å². The third-order valence-electron chi connectivity index (χ3n) is 5.35. The van der Waals surface area contributed by atoms with Gasteiger partial charge >= 0.3 is 6.03 Å². The second-order valence-corrected chi connectivity index (χ2v) is 9.08. The second kappa shape index (κ2) is 6.30. The predicted octanol–water partition coefficient (Wildman–Crippen LogP) is 0.216. The van der Waals surface area contributed by atoms with Gasteiger partial charge in [0, 0.05) is 26.1 Å². The van der Waals surface area contributed by atoms with Crippen LogP contribution in [0.5, 0.6) is 0 Å². The molecule has 2 atom stereocenters. The quantitative estimate of drug-likeness (QED) is 0.794. The van der Waals surface area contributed by atoms with Crippen molar-refractivity contribution in [3.63, 3.8) is 0 Å². The molecule has 3 amide bonds. The SMILES string of the molecule is CCN1CC(NC(=O)N2CCS(=O)(=O)CC2C2CCC2)CC1=O. The number of carbonyl (C=O) groups is 2. The highest BCUT2D eigenvalue weighted by molar-refractivity contribution is 7.91. The lowest BCUT2D eigenvalue weighted by Crippen LogP contribution is -2.59. The van der Waals surface area contributed by atoms with E-state index in [4.69, 9.17) is 0 Å². The molecule has 0 aromatic heterocycles. The Labute approximate surface area is 137 Å². The van der Waals surface area contributed by atoms with E-state index >= 15 is 0 Å². The fourth-order valence-corrected chi connectivity index (χ4v) is 5.35. The van der Waals surface area contributed by atoms with E-state index in [-0.39, 0.29) is 42.1 Å². The smallest absolute Gasteiger partial charge is 0.318 e. The molecule has 0 bridgehead atoms. The summed E-state index contributed by atoms with van der Waals surface area (Å²) in [5, 5.41) is 2.93. The Bertz CT molecular complexity index is 588. The van der Waals surface area contributed by atoms with E-state index in [0.717, 1.165) is 19.3 Å². The van der Waals surface area contributed by atoms with Crippen molar-refractivity contribution in [1.29, 1.82) is 0 Å². The molecule has 3 fully saturated rings. The molecule has 0 radical (unpaired) electrons. The molecule has 1 N–H and O–H groups in total. The van der Waals surface area contributed by atoms with Gasteiger partial charge in [-0.05, 0) is 25.7 Å². The number of nitrogens with one attached hydrogen (secondary N) is 1. The minimum absolute atomic E-state index is 0.0360. The van der Waals surface area contributed by atoms with Gasteiger partial charge in [0.1, 0.15) is 0 Å². The lowest BCUT2D eigenvalue weighted by Gasteiger charge is -2.43. The maximum atomic E-state index is 12.6. The van der Waals surface area contributed by atoms with E-state index in [1.54, 1.807) is 9.80 Å². The Kier molecular flexibility index (Phi) is 4.53. The van der Waals surface area contributed by atoms with Crippen molar-refractivity contribution in [3.8, 4) is 0 Å². The van der Waals surface area contributed by atoms with Crippen LogP contribution in [0, 0.1) is 5.92 Å². The van der Waals surface area contributed by atoms with Crippen LogP contribution in [-0.4, -0.2) is 73.4 Å². The molecule has 1 aliphatic carbocycles. The molecule has 0 spiro atoms. The van der Waals surface area contributed by atoms with Crippen LogP contribution in [0.2, 0.25) is 0 Å². The van der Waals surface area contributed by atoms with Gasteiger partial charge in [0.15, 0.2) is 9.84 Å². The van der Waals surface area contributed by atoms with Gasteiger partial charge in [0.05, 0.1) is 23.6 Å². The molecule has 23 heavy (non-hydrogen) atoms. The Balaban J connectivity index is 1.64. The number of nitrogens with zero attached hydrogens (tertiary/aromatic N) is 2. The number of carbonyl (C=O) groups excluding carboxylic acids is 2. The Morgan fingerprint density at radius 3 is 2.65 bits per heavy atom. The summed E-state index contributed by atoms with van der Waals surface area (Å²) in [5.41, 5.74) is 0. The topological polar surface area (TPSA) is 86.8 Å². The van der Waals surface area contributed by atoms with E-state index < -0.39 is 9.84 Å². The molecular formula is C15H25N3O4S. The van der Waals surface area contributed by atoms with Crippen LogP contribution in [0.15, 0.2) is 0 Å².